The smallest absolute Gasteiger partial charge is 0.261 e. The highest BCUT2D eigenvalue weighted by atomic mass is 32.1. The summed E-state index contributed by atoms with van der Waals surface area (Å²) in [6.45, 7) is 5.92. The fraction of sp³-hybridized carbons (Fsp3) is 0.643. The molecule has 18 heavy (non-hydrogen) atoms. The molecule has 100 valence electrons. The van der Waals surface area contributed by atoms with Gasteiger partial charge in [-0.2, -0.15) is 0 Å². The number of hydrogen-bond donors (Lipinski definition) is 2. The standard InChI is InChI=1S/C14H21NO2S/c1-9-4-5-11-10(6-9)7-12(18-11)13(16)15-8-14(2,3)17/h7,9,17H,4-6,8H2,1-3H3,(H,15,16). The van der Waals surface area contributed by atoms with Crippen LogP contribution in [0.1, 0.15) is 47.3 Å². The van der Waals surface area contributed by atoms with Crippen molar-refractivity contribution in [3.8, 4) is 0 Å². The molecular formula is C14H21NO2S. The van der Waals surface area contributed by atoms with Crippen molar-refractivity contribution in [3.63, 3.8) is 0 Å². The second kappa shape index (κ2) is 5.02. The summed E-state index contributed by atoms with van der Waals surface area (Å²) in [7, 11) is 0. The number of amides is 1. The van der Waals surface area contributed by atoms with Gasteiger partial charge in [-0.05, 0) is 50.7 Å². The van der Waals surface area contributed by atoms with E-state index in [4.69, 9.17) is 0 Å². The maximum Gasteiger partial charge on any atom is 0.261 e. The minimum absolute atomic E-state index is 0.0656. The molecule has 1 atom stereocenters. The number of carbonyl (C=O) groups excluding carboxylic acids is 1. The normalized spacial score (nSPS) is 19.4. The predicted molar refractivity (Wildman–Crippen MR) is 74.1 cm³/mol. The number of aryl methyl sites for hydroxylation is 1. The molecule has 0 saturated carbocycles. The number of rotatable bonds is 3. The Morgan fingerprint density at radius 2 is 2.33 bits per heavy atom. The molecule has 0 bridgehead atoms. The van der Waals surface area contributed by atoms with Gasteiger partial charge in [-0.3, -0.25) is 4.79 Å². The first-order valence-electron chi connectivity index (χ1n) is 6.47. The third-order valence-corrected chi connectivity index (χ3v) is 4.47. The van der Waals surface area contributed by atoms with Crippen LogP contribution in [0.4, 0.5) is 0 Å². The summed E-state index contributed by atoms with van der Waals surface area (Å²) in [4.78, 5) is 14.1. The molecule has 3 nitrogen and oxygen atoms in total. The van der Waals surface area contributed by atoms with Gasteiger partial charge in [-0.1, -0.05) is 6.92 Å². The Morgan fingerprint density at radius 1 is 1.61 bits per heavy atom. The molecule has 1 amide bonds. The van der Waals surface area contributed by atoms with Gasteiger partial charge in [-0.15, -0.1) is 11.3 Å². The monoisotopic (exact) mass is 267 g/mol. The summed E-state index contributed by atoms with van der Waals surface area (Å²) >= 11 is 1.60. The van der Waals surface area contributed by atoms with Crippen LogP contribution in [0, 0.1) is 5.92 Å². The van der Waals surface area contributed by atoms with Crippen molar-refractivity contribution in [2.24, 2.45) is 5.92 Å². The van der Waals surface area contributed by atoms with Gasteiger partial charge in [-0.25, -0.2) is 0 Å². The van der Waals surface area contributed by atoms with Crippen LogP contribution < -0.4 is 5.32 Å². The van der Waals surface area contributed by atoms with Crippen LogP contribution in [0.15, 0.2) is 6.07 Å². The highest BCUT2D eigenvalue weighted by Crippen LogP contribution is 2.32. The van der Waals surface area contributed by atoms with E-state index in [1.54, 1.807) is 25.2 Å². The molecule has 0 aromatic carbocycles. The maximum absolute atomic E-state index is 12.0. The van der Waals surface area contributed by atoms with Crippen molar-refractivity contribution in [2.45, 2.75) is 45.6 Å². The predicted octanol–water partition coefficient (Wildman–Crippen LogP) is 2.37. The van der Waals surface area contributed by atoms with E-state index in [0.717, 1.165) is 23.6 Å². The molecule has 0 radical (unpaired) electrons. The summed E-state index contributed by atoms with van der Waals surface area (Å²) in [6, 6.07) is 2.02. The third kappa shape index (κ3) is 3.33. The first kappa shape index (κ1) is 13.6. The van der Waals surface area contributed by atoms with E-state index in [0.29, 0.717) is 0 Å². The lowest BCUT2D eigenvalue weighted by Gasteiger charge is -2.17. The minimum atomic E-state index is -0.860. The topological polar surface area (TPSA) is 49.3 Å². The molecule has 1 aliphatic rings. The fourth-order valence-electron chi connectivity index (χ4n) is 2.20. The molecule has 0 spiro atoms. The average Bonchev–Trinajstić information content (AvgIpc) is 2.67. The summed E-state index contributed by atoms with van der Waals surface area (Å²) < 4.78 is 0. The van der Waals surface area contributed by atoms with E-state index >= 15 is 0 Å². The molecule has 1 heterocycles. The zero-order chi connectivity index (χ0) is 13.3. The maximum atomic E-state index is 12.0. The number of carbonyl (C=O) groups is 1. The molecule has 4 heteroatoms. The van der Waals surface area contributed by atoms with Gasteiger partial charge >= 0.3 is 0 Å². The van der Waals surface area contributed by atoms with Crippen molar-refractivity contribution in [3.05, 3.63) is 21.4 Å². The lowest BCUT2D eigenvalue weighted by atomic mass is 9.90. The van der Waals surface area contributed by atoms with Gasteiger partial charge < -0.3 is 10.4 Å². The minimum Gasteiger partial charge on any atom is -0.389 e. The van der Waals surface area contributed by atoms with Crippen LogP contribution >= 0.6 is 11.3 Å². The van der Waals surface area contributed by atoms with E-state index in [-0.39, 0.29) is 12.5 Å². The van der Waals surface area contributed by atoms with Crippen LogP contribution in [-0.2, 0) is 12.8 Å². The Labute approximate surface area is 112 Å². The van der Waals surface area contributed by atoms with E-state index in [2.05, 4.69) is 12.2 Å². The summed E-state index contributed by atoms with van der Waals surface area (Å²) in [5.74, 6) is 0.656. The highest BCUT2D eigenvalue weighted by molar-refractivity contribution is 7.14. The summed E-state index contributed by atoms with van der Waals surface area (Å²) in [6.07, 6.45) is 3.41. The van der Waals surface area contributed by atoms with Gasteiger partial charge in [0.15, 0.2) is 0 Å². The van der Waals surface area contributed by atoms with E-state index in [9.17, 15) is 9.90 Å². The van der Waals surface area contributed by atoms with Gasteiger partial charge in [0.1, 0.15) is 0 Å². The average molecular weight is 267 g/mol. The van der Waals surface area contributed by atoms with Gasteiger partial charge in [0.25, 0.3) is 5.91 Å². The van der Waals surface area contributed by atoms with Crippen LogP contribution in [0.3, 0.4) is 0 Å². The van der Waals surface area contributed by atoms with Gasteiger partial charge in [0.05, 0.1) is 10.5 Å². The molecule has 2 N–H and O–H groups in total. The molecular weight excluding hydrogens is 246 g/mol. The Morgan fingerprint density at radius 3 is 3.00 bits per heavy atom. The number of aliphatic hydroxyl groups is 1. The van der Waals surface area contributed by atoms with Crippen molar-refractivity contribution < 1.29 is 9.90 Å². The number of fused-ring (bicyclic) bond motifs is 1. The second-order valence-electron chi connectivity index (χ2n) is 5.90. The number of hydrogen-bond acceptors (Lipinski definition) is 3. The van der Waals surface area contributed by atoms with Crippen LogP contribution in [0.2, 0.25) is 0 Å². The molecule has 0 fully saturated rings. The molecule has 0 aliphatic heterocycles. The fourth-order valence-corrected chi connectivity index (χ4v) is 3.33. The number of thiophene rings is 1. The largest absolute Gasteiger partial charge is 0.389 e. The Balaban J connectivity index is 2.04. The van der Waals surface area contributed by atoms with Crippen molar-refractivity contribution >= 4 is 17.2 Å². The summed E-state index contributed by atoms with van der Waals surface area (Å²) in [5.41, 5.74) is 0.480. The zero-order valence-corrected chi connectivity index (χ0v) is 12.1. The lowest BCUT2D eigenvalue weighted by molar-refractivity contribution is 0.0696. The van der Waals surface area contributed by atoms with Crippen LogP contribution in [-0.4, -0.2) is 23.2 Å². The Hall–Kier alpha value is -0.870. The molecule has 1 unspecified atom stereocenters. The van der Waals surface area contributed by atoms with Crippen molar-refractivity contribution in [1.82, 2.24) is 5.32 Å². The quantitative estimate of drug-likeness (QED) is 0.883. The first-order chi connectivity index (χ1) is 8.35. The SMILES string of the molecule is CC1CCc2sc(C(=O)NCC(C)(C)O)cc2C1. The molecule has 0 saturated heterocycles. The lowest BCUT2D eigenvalue weighted by Crippen LogP contribution is -2.37. The Kier molecular flexibility index (Phi) is 3.78. The number of nitrogens with one attached hydrogen (secondary N) is 1. The first-order valence-corrected chi connectivity index (χ1v) is 7.29. The van der Waals surface area contributed by atoms with Gasteiger partial charge in [0, 0.05) is 11.4 Å². The van der Waals surface area contributed by atoms with Crippen molar-refractivity contribution in [2.75, 3.05) is 6.54 Å². The molecule has 1 aromatic heterocycles. The second-order valence-corrected chi connectivity index (χ2v) is 7.04. The van der Waals surface area contributed by atoms with Gasteiger partial charge in [0.2, 0.25) is 0 Å². The van der Waals surface area contributed by atoms with Crippen molar-refractivity contribution in [1.29, 1.82) is 0 Å². The third-order valence-electron chi connectivity index (χ3n) is 3.23. The van der Waals surface area contributed by atoms with E-state index in [1.807, 2.05) is 6.07 Å². The highest BCUT2D eigenvalue weighted by Gasteiger charge is 2.21. The molecule has 1 aromatic rings. The van der Waals surface area contributed by atoms with E-state index < -0.39 is 5.60 Å². The molecule has 2 rings (SSSR count). The summed E-state index contributed by atoms with van der Waals surface area (Å²) in [5, 5.41) is 12.4. The zero-order valence-electron chi connectivity index (χ0n) is 11.2. The molecule has 1 aliphatic carbocycles. The van der Waals surface area contributed by atoms with Crippen LogP contribution in [0.5, 0.6) is 0 Å². The van der Waals surface area contributed by atoms with E-state index in [1.165, 1.54) is 16.9 Å². The Bertz CT molecular complexity index is 445. The van der Waals surface area contributed by atoms with Crippen LogP contribution in [0.25, 0.3) is 0 Å².